The molecule has 1 aromatic heterocycles. The summed E-state index contributed by atoms with van der Waals surface area (Å²) in [5.74, 6) is 0.539. The van der Waals surface area contributed by atoms with Gasteiger partial charge in [0.25, 0.3) is 0 Å². The quantitative estimate of drug-likeness (QED) is 0.673. The Morgan fingerprint density at radius 3 is 2.69 bits per heavy atom. The largest absolute Gasteiger partial charge is 0.494 e. The van der Waals surface area contributed by atoms with E-state index in [1.807, 2.05) is 62.4 Å². The molecule has 0 saturated carbocycles. The minimum absolute atomic E-state index is 0.112. The fourth-order valence-electron chi connectivity index (χ4n) is 2.37. The second kappa shape index (κ2) is 8.01. The standard InChI is InChI=1S/C18H19N5O2S/c1-12-8-4-5-9-14(12)19-17(24)13(2)26-18-20-21-22-23(18)15-10-6-7-11-16(15)25-3/h4-11,13H,1-3H3,(H,19,24)/t13-/m1/s1. The van der Waals surface area contributed by atoms with Crippen molar-refractivity contribution in [2.24, 2.45) is 0 Å². The van der Waals surface area contributed by atoms with Crippen LogP contribution in [0.4, 0.5) is 5.69 Å². The number of amides is 1. The fourth-order valence-corrected chi connectivity index (χ4v) is 3.17. The number of aromatic nitrogens is 4. The number of thioether (sulfide) groups is 1. The van der Waals surface area contributed by atoms with Crippen LogP contribution in [0.2, 0.25) is 0 Å². The van der Waals surface area contributed by atoms with Gasteiger partial charge in [-0.3, -0.25) is 4.79 Å². The van der Waals surface area contributed by atoms with Crippen molar-refractivity contribution in [3.05, 3.63) is 54.1 Å². The molecule has 7 nitrogen and oxygen atoms in total. The topological polar surface area (TPSA) is 81.9 Å². The number of anilines is 1. The number of aryl methyl sites for hydroxylation is 1. The number of rotatable bonds is 6. The Bertz CT molecular complexity index is 912. The van der Waals surface area contributed by atoms with Crippen molar-refractivity contribution in [2.45, 2.75) is 24.3 Å². The highest BCUT2D eigenvalue weighted by Gasteiger charge is 2.20. The van der Waals surface area contributed by atoms with E-state index in [2.05, 4.69) is 20.8 Å². The molecule has 3 rings (SSSR count). The molecule has 1 heterocycles. The Morgan fingerprint density at radius 2 is 1.92 bits per heavy atom. The van der Waals surface area contributed by atoms with E-state index in [1.54, 1.807) is 11.8 Å². The Balaban J connectivity index is 1.76. The van der Waals surface area contributed by atoms with Gasteiger partial charge in [0.1, 0.15) is 11.4 Å². The number of hydrogen-bond donors (Lipinski definition) is 1. The highest BCUT2D eigenvalue weighted by atomic mass is 32.2. The van der Waals surface area contributed by atoms with Gasteiger partial charge in [-0.2, -0.15) is 4.68 Å². The first-order valence-electron chi connectivity index (χ1n) is 8.05. The van der Waals surface area contributed by atoms with Crippen LogP contribution in [0, 0.1) is 6.92 Å². The Kier molecular flexibility index (Phi) is 5.52. The summed E-state index contributed by atoms with van der Waals surface area (Å²) in [5.41, 5.74) is 2.53. The van der Waals surface area contributed by atoms with E-state index >= 15 is 0 Å². The molecule has 0 saturated heterocycles. The number of nitrogens with one attached hydrogen (secondary N) is 1. The average molecular weight is 369 g/mol. The van der Waals surface area contributed by atoms with Gasteiger partial charge < -0.3 is 10.1 Å². The molecular weight excluding hydrogens is 350 g/mol. The smallest absolute Gasteiger partial charge is 0.237 e. The van der Waals surface area contributed by atoms with Crippen LogP contribution in [0.1, 0.15) is 12.5 Å². The first-order valence-corrected chi connectivity index (χ1v) is 8.93. The van der Waals surface area contributed by atoms with Gasteiger partial charge in [0.15, 0.2) is 0 Å². The normalized spacial score (nSPS) is 11.8. The molecule has 0 unspecified atom stereocenters. The van der Waals surface area contributed by atoms with Crippen LogP contribution in [0.3, 0.4) is 0 Å². The lowest BCUT2D eigenvalue weighted by molar-refractivity contribution is -0.115. The van der Waals surface area contributed by atoms with Gasteiger partial charge in [-0.1, -0.05) is 42.1 Å². The maximum atomic E-state index is 12.5. The number of methoxy groups -OCH3 is 1. The van der Waals surface area contributed by atoms with Crippen LogP contribution in [-0.4, -0.2) is 38.5 Å². The maximum Gasteiger partial charge on any atom is 0.237 e. The molecule has 3 aromatic rings. The van der Waals surface area contributed by atoms with Gasteiger partial charge in [-0.25, -0.2) is 0 Å². The molecule has 0 fully saturated rings. The number of benzene rings is 2. The zero-order valence-electron chi connectivity index (χ0n) is 14.7. The molecule has 0 aliphatic heterocycles. The summed E-state index contributed by atoms with van der Waals surface area (Å²) in [6.07, 6.45) is 0. The zero-order valence-corrected chi connectivity index (χ0v) is 15.5. The molecule has 2 aromatic carbocycles. The first kappa shape index (κ1) is 17.9. The Hall–Kier alpha value is -2.87. The molecule has 0 aliphatic carbocycles. The molecule has 0 spiro atoms. The van der Waals surface area contributed by atoms with Gasteiger partial charge >= 0.3 is 0 Å². The van der Waals surface area contributed by atoms with E-state index in [1.165, 1.54) is 11.8 Å². The van der Waals surface area contributed by atoms with Crippen molar-refractivity contribution < 1.29 is 9.53 Å². The van der Waals surface area contributed by atoms with E-state index < -0.39 is 0 Å². The highest BCUT2D eigenvalue weighted by molar-refractivity contribution is 8.00. The van der Waals surface area contributed by atoms with Crippen molar-refractivity contribution in [3.8, 4) is 11.4 Å². The third-order valence-corrected chi connectivity index (χ3v) is 4.84. The summed E-state index contributed by atoms with van der Waals surface area (Å²) in [6, 6.07) is 15.1. The second-order valence-electron chi connectivity index (χ2n) is 5.61. The number of ether oxygens (including phenoxy) is 1. The number of tetrazole rings is 1. The molecule has 1 atom stereocenters. The van der Waals surface area contributed by atoms with Crippen molar-refractivity contribution in [1.82, 2.24) is 20.2 Å². The Morgan fingerprint density at radius 1 is 1.19 bits per heavy atom. The second-order valence-corrected chi connectivity index (χ2v) is 6.92. The van der Waals surface area contributed by atoms with Crippen LogP contribution in [0.25, 0.3) is 5.69 Å². The van der Waals surface area contributed by atoms with Crippen molar-refractivity contribution in [1.29, 1.82) is 0 Å². The summed E-state index contributed by atoms with van der Waals surface area (Å²) in [5, 5.41) is 14.9. The van der Waals surface area contributed by atoms with Crippen LogP contribution in [-0.2, 0) is 4.79 Å². The molecular formula is C18H19N5O2S. The molecule has 134 valence electrons. The predicted molar refractivity (Wildman–Crippen MR) is 101 cm³/mol. The van der Waals surface area contributed by atoms with E-state index in [4.69, 9.17) is 4.74 Å². The number of hydrogen-bond acceptors (Lipinski definition) is 6. The number of carbonyl (C=O) groups is 1. The average Bonchev–Trinajstić information content (AvgIpc) is 3.11. The van der Waals surface area contributed by atoms with Gasteiger partial charge in [0.05, 0.1) is 12.4 Å². The lowest BCUT2D eigenvalue weighted by Crippen LogP contribution is -2.23. The van der Waals surface area contributed by atoms with Crippen LogP contribution in [0.5, 0.6) is 5.75 Å². The highest BCUT2D eigenvalue weighted by Crippen LogP contribution is 2.28. The van der Waals surface area contributed by atoms with Crippen LogP contribution < -0.4 is 10.1 Å². The molecule has 1 amide bonds. The van der Waals surface area contributed by atoms with Crippen molar-refractivity contribution >= 4 is 23.4 Å². The van der Waals surface area contributed by atoms with Gasteiger partial charge in [-0.15, -0.1) is 5.10 Å². The summed E-state index contributed by atoms with van der Waals surface area (Å²) < 4.78 is 6.93. The minimum atomic E-state index is -0.380. The summed E-state index contributed by atoms with van der Waals surface area (Å²) in [6.45, 7) is 3.77. The molecule has 8 heteroatoms. The minimum Gasteiger partial charge on any atom is -0.494 e. The van der Waals surface area contributed by atoms with E-state index in [0.717, 1.165) is 11.3 Å². The van der Waals surface area contributed by atoms with E-state index in [0.29, 0.717) is 16.6 Å². The van der Waals surface area contributed by atoms with Gasteiger partial charge in [0.2, 0.25) is 11.1 Å². The zero-order chi connectivity index (χ0) is 18.5. The van der Waals surface area contributed by atoms with Crippen molar-refractivity contribution in [3.63, 3.8) is 0 Å². The van der Waals surface area contributed by atoms with E-state index in [-0.39, 0.29) is 11.2 Å². The fraction of sp³-hybridized carbons (Fsp3) is 0.222. The van der Waals surface area contributed by atoms with Gasteiger partial charge in [0, 0.05) is 5.69 Å². The van der Waals surface area contributed by atoms with Crippen LogP contribution >= 0.6 is 11.8 Å². The monoisotopic (exact) mass is 369 g/mol. The molecule has 0 aliphatic rings. The summed E-state index contributed by atoms with van der Waals surface area (Å²) in [7, 11) is 1.59. The lowest BCUT2D eigenvalue weighted by atomic mass is 10.2. The molecule has 0 radical (unpaired) electrons. The summed E-state index contributed by atoms with van der Waals surface area (Å²) >= 11 is 1.28. The number of nitrogens with zero attached hydrogens (tertiary/aromatic N) is 4. The Labute approximate surface area is 155 Å². The molecule has 26 heavy (non-hydrogen) atoms. The number of carbonyl (C=O) groups excluding carboxylic acids is 1. The van der Waals surface area contributed by atoms with Crippen LogP contribution in [0.15, 0.2) is 53.7 Å². The van der Waals surface area contributed by atoms with E-state index in [9.17, 15) is 4.79 Å². The summed E-state index contributed by atoms with van der Waals surface area (Å²) in [4.78, 5) is 12.5. The number of para-hydroxylation sites is 3. The molecule has 0 bridgehead atoms. The first-order chi connectivity index (χ1) is 12.6. The van der Waals surface area contributed by atoms with Gasteiger partial charge in [-0.05, 0) is 48.0 Å². The third-order valence-electron chi connectivity index (χ3n) is 3.81. The lowest BCUT2D eigenvalue weighted by Gasteiger charge is -2.14. The molecule has 1 N–H and O–H groups in total. The van der Waals surface area contributed by atoms with Crippen molar-refractivity contribution in [2.75, 3.05) is 12.4 Å². The maximum absolute atomic E-state index is 12.5. The third kappa shape index (κ3) is 3.85. The predicted octanol–water partition coefficient (Wildman–Crippen LogP) is 3.10. The SMILES string of the molecule is COc1ccccc1-n1nnnc1S[C@H](C)C(=O)Nc1ccccc1C.